The van der Waals surface area contributed by atoms with Gasteiger partial charge in [0.2, 0.25) is 0 Å². The van der Waals surface area contributed by atoms with Crippen LogP contribution in [0.4, 0.5) is 0 Å². The Balaban J connectivity index is 1.59. The molecular formula is C18H28N2O2S. The fourth-order valence-corrected chi connectivity index (χ4v) is 4.91. The van der Waals surface area contributed by atoms with Crippen molar-refractivity contribution < 1.29 is 9.53 Å². The lowest BCUT2D eigenvalue weighted by Gasteiger charge is -2.45. The van der Waals surface area contributed by atoms with Crippen LogP contribution in [-0.4, -0.2) is 60.6 Å². The zero-order valence-electron chi connectivity index (χ0n) is 14.5. The molecule has 1 spiro atoms. The van der Waals surface area contributed by atoms with Crippen LogP contribution in [0.1, 0.15) is 47.2 Å². The summed E-state index contributed by atoms with van der Waals surface area (Å²) >= 11 is 1.61. The fraction of sp³-hybridized carbons (Fsp3) is 0.722. The molecule has 1 aromatic rings. The lowest BCUT2D eigenvalue weighted by molar-refractivity contribution is 0.0212. The van der Waals surface area contributed by atoms with Crippen LogP contribution in [0, 0.1) is 6.92 Å². The maximum atomic E-state index is 12.6. The Hall–Kier alpha value is -0.910. The number of likely N-dealkylation sites (N-methyl/N-ethyl adjacent to an activating group) is 1. The topological polar surface area (TPSA) is 32.8 Å². The Morgan fingerprint density at radius 3 is 2.70 bits per heavy atom. The van der Waals surface area contributed by atoms with Crippen LogP contribution in [-0.2, 0) is 4.74 Å². The lowest BCUT2D eigenvalue weighted by Crippen LogP contribution is -2.54. The Morgan fingerprint density at radius 1 is 1.35 bits per heavy atom. The monoisotopic (exact) mass is 336 g/mol. The quantitative estimate of drug-likeness (QED) is 0.847. The zero-order chi connectivity index (χ0) is 16.4. The predicted molar refractivity (Wildman–Crippen MR) is 94.2 cm³/mol. The number of amides is 1. The van der Waals surface area contributed by atoms with Gasteiger partial charge in [-0.25, -0.2) is 0 Å². The van der Waals surface area contributed by atoms with E-state index in [0.717, 1.165) is 44.0 Å². The molecule has 1 amide bonds. The molecule has 2 aliphatic heterocycles. The summed E-state index contributed by atoms with van der Waals surface area (Å²) in [5.74, 6) is 0.212. The molecule has 2 aliphatic rings. The lowest BCUT2D eigenvalue weighted by atomic mass is 9.85. The number of carbonyl (C=O) groups excluding carboxylic acids is 1. The van der Waals surface area contributed by atoms with Crippen LogP contribution in [0.3, 0.4) is 0 Å². The predicted octanol–water partition coefficient (Wildman–Crippen LogP) is 3.16. The van der Waals surface area contributed by atoms with Crippen molar-refractivity contribution in [2.75, 3.05) is 33.4 Å². The van der Waals surface area contributed by atoms with Crippen molar-refractivity contribution in [2.24, 2.45) is 0 Å². The van der Waals surface area contributed by atoms with Gasteiger partial charge in [0.25, 0.3) is 5.91 Å². The van der Waals surface area contributed by atoms with Gasteiger partial charge in [0, 0.05) is 36.2 Å². The largest absolute Gasteiger partial charge is 0.380 e. The number of likely N-dealkylation sites (tertiary alicyclic amines) is 2. The summed E-state index contributed by atoms with van der Waals surface area (Å²) in [6, 6.07) is 4.54. The number of ether oxygens (including phenoxy) is 1. The van der Waals surface area contributed by atoms with Crippen molar-refractivity contribution >= 4 is 17.2 Å². The van der Waals surface area contributed by atoms with Crippen molar-refractivity contribution in [2.45, 2.75) is 51.1 Å². The molecule has 2 saturated heterocycles. The average Bonchev–Trinajstić information content (AvgIpc) is 3.12. The first-order chi connectivity index (χ1) is 11.1. The fourth-order valence-electron chi connectivity index (χ4n) is 4.08. The molecule has 3 rings (SSSR count). The van der Waals surface area contributed by atoms with Crippen molar-refractivity contribution in [3.05, 3.63) is 21.9 Å². The third-order valence-electron chi connectivity index (χ3n) is 5.69. The normalized spacial score (nSPS) is 24.5. The highest BCUT2D eigenvalue weighted by Gasteiger charge is 2.46. The molecule has 128 valence electrons. The molecule has 0 unspecified atom stereocenters. The second-order valence-electron chi connectivity index (χ2n) is 6.89. The van der Waals surface area contributed by atoms with E-state index in [9.17, 15) is 4.79 Å². The van der Waals surface area contributed by atoms with Gasteiger partial charge in [-0.1, -0.05) is 0 Å². The summed E-state index contributed by atoms with van der Waals surface area (Å²) in [6.07, 6.45) is 4.63. The van der Waals surface area contributed by atoms with E-state index in [-0.39, 0.29) is 11.4 Å². The second-order valence-corrected chi connectivity index (χ2v) is 8.18. The highest BCUT2D eigenvalue weighted by Crippen LogP contribution is 2.40. The summed E-state index contributed by atoms with van der Waals surface area (Å²) in [4.78, 5) is 19.3. The molecule has 0 bridgehead atoms. The van der Waals surface area contributed by atoms with Crippen LogP contribution >= 0.6 is 11.3 Å². The van der Waals surface area contributed by atoms with Crippen LogP contribution < -0.4 is 0 Å². The van der Waals surface area contributed by atoms with Crippen molar-refractivity contribution in [3.8, 4) is 0 Å². The summed E-state index contributed by atoms with van der Waals surface area (Å²) in [6.45, 7) is 7.49. The van der Waals surface area contributed by atoms with E-state index in [4.69, 9.17) is 4.74 Å². The first kappa shape index (κ1) is 16.9. The summed E-state index contributed by atoms with van der Waals surface area (Å²) < 4.78 is 5.64. The first-order valence-corrected chi connectivity index (χ1v) is 9.54. The number of piperidine rings is 1. The van der Waals surface area contributed by atoms with Crippen molar-refractivity contribution in [1.82, 2.24) is 9.80 Å². The molecule has 2 fully saturated rings. The van der Waals surface area contributed by atoms with Crippen LogP contribution in [0.15, 0.2) is 12.1 Å². The minimum Gasteiger partial charge on any atom is -0.380 e. The molecule has 0 aliphatic carbocycles. The van der Waals surface area contributed by atoms with E-state index >= 15 is 0 Å². The molecule has 4 nitrogen and oxygen atoms in total. The third-order valence-corrected chi connectivity index (χ3v) is 6.67. The van der Waals surface area contributed by atoms with E-state index in [2.05, 4.69) is 25.8 Å². The van der Waals surface area contributed by atoms with Gasteiger partial charge < -0.3 is 9.64 Å². The number of nitrogens with zero attached hydrogens (tertiary/aromatic N) is 2. The third kappa shape index (κ3) is 3.32. The summed E-state index contributed by atoms with van der Waals surface area (Å²) in [5.41, 5.74) is 0.282. The Morgan fingerprint density at radius 2 is 2.09 bits per heavy atom. The summed E-state index contributed by atoms with van der Waals surface area (Å²) in [5, 5.41) is 0. The number of hydrogen-bond donors (Lipinski definition) is 0. The first-order valence-electron chi connectivity index (χ1n) is 8.72. The number of thiophene rings is 1. The number of carbonyl (C=O) groups is 1. The zero-order valence-corrected chi connectivity index (χ0v) is 15.3. The standard InChI is InChI=1S/C18H28N2O2S/c1-4-22-13-15-7-8-18(19(15)3)9-11-20(12-10-18)17(21)16-6-5-14(2)23-16/h5-6,15H,4,7-13H2,1-3H3/t15-/m0/s1. The average molecular weight is 337 g/mol. The number of rotatable bonds is 4. The number of hydrogen-bond acceptors (Lipinski definition) is 4. The molecule has 0 aromatic carbocycles. The minimum atomic E-state index is 0.212. The van der Waals surface area contributed by atoms with Crippen molar-refractivity contribution in [1.29, 1.82) is 0 Å². The SMILES string of the molecule is CCOC[C@@H]1CCC2(CCN(C(=O)c3ccc(C)s3)CC2)N1C. The Labute approximate surface area is 143 Å². The van der Waals surface area contributed by atoms with Gasteiger partial charge in [-0.15, -0.1) is 11.3 Å². The van der Waals surface area contributed by atoms with Gasteiger partial charge in [0.15, 0.2) is 0 Å². The van der Waals surface area contributed by atoms with Gasteiger partial charge in [-0.05, 0) is 58.7 Å². The molecule has 5 heteroatoms. The summed E-state index contributed by atoms with van der Waals surface area (Å²) in [7, 11) is 2.25. The van der Waals surface area contributed by atoms with Crippen LogP contribution in [0.25, 0.3) is 0 Å². The van der Waals surface area contributed by atoms with Gasteiger partial charge in [0.05, 0.1) is 11.5 Å². The number of aryl methyl sites for hydroxylation is 1. The van der Waals surface area contributed by atoms with E-state index in [1.807, 2.05) is 17.0 Å². The van der Waals surface area contributed by atoms with Gasteiger partial charge in [-0.2, -0.15) is 0 Å². The highest BCUT2D eigenvalue weighted by atomic mass is 32.1. The van der Waals surface area contributed by atoms with Gasteiger partial charge >= 0.3 is 0 Å². The Kier molecular flexibility index (Phi) is 5.09. The maximum Gasteiger partial charge on any atom is 0.263 e. The van der Waals surface area contributed by atoms with E-state index in [1.54, 1.807) is 11.3 Å². The molecule has 0 saturated carbocycles. The molecule has 3 heterocycles. The maximum absolute atomic E-state index is 12.6. The molecule has 23 heavy (non-hydrogen) atoms. The van der Waals surface area contributed by atoms with Crippen molar-refractivity contribution in [3.63, 3.8) is 0 Å². The molecule has 1 atom stereocenters. The molecule has 1 aromatic heterocycles. The van der Waals surface area contributed by atoms with Crippen LogP contribution in [0.5, 0.6) is 0 Å². The van der Waals surface area contributed by atoms with Gasteiger partial charge in [-0.3, -0.25) is 9.69 Å². The molecule has 0 N–H and O–H groups in total. The van der Waals surface area contributed by atoms with E-state index in [1.165, 1.54) is 17.7 Å². The Bertz CT molecular complexity index is 549. The molecule has 0 radical (unpaired) electrons. The second kappa shape index (κ2) is 6.91. The smallest absolute Gasteiger partial charge is 0.263 e. The van der Waals surface area contributed by atoms with Crippen LogP contribution in [0.2, 0.25) is 0 Å². The van der Waals surface area contributed by atoms with Gasteiger partial charge in [0.1, 0.15) is 0 Å². The minimum absolute atomic E-state index is 0.212. The van der Waals surface area contributed by atoms with E-state index in [0.29, 0.717) is 6.04 Å². The highest BCUT2D eigenvalue weighted by molar-refractivity contribution is 7.13. The molecular weight excluding hydrogens is 308 g/mol. The van der Waals surface area contributed by atoms with E-state index < -0.39 is 0 Å².